The van der Waals surface area contributed by atoms with Gasteiger partial charge in [-0.25, -0.2) is 0 Å². The van der Waals surface area contributed by atoms with Gasteiger partial charge < -0.3 is 15.3 Å². The van der Waals surface area contributed by atoms with E-state index < -0.39 is 5.97 Å². The molecule has 1 aromatic rings. The number of carboxylic acids is 1. The maximum Gasteiger partial charge on any atom is 0.305 e. The second-order valence-corrected chi connectivity index (χ2v) is 5.03. The number of hydrogen-bond donors (Lipinski definition) is 2. The number of rotatable bonds is 3. The summed E-state index contributed by atoms with van der Waals surface area (Å²) < 4.78 is 0. The average molecular weight is 262 g/mol. The summed E-state index contributed by atoms with van der Waals surface area (Å²) in [5, 5.41) is 11.7. The molecule has 5 nitrogen and oxygen atoms in total. The van der Waals surface area contributed by atoms with Crippen molar-refractivity contribution < 1.29 is 14.7 Å². The number of piperazine rings is 1. The van der Waals surface area contributed by atoms with E-state index in [2.05, 4.69) is 11.4 Å². The van der Waals surface area contributed by atoms with Crippen LogP contribution in [-0.2, 0) is 9.59 Å². The average Bonchev–Trinajstić information content (AvgIpc) is 2.29. The fourth-order valence-corrected chi connectivity index (χ4v) is 2.48. The van der Waals surface area contributed by atoms with Gasteiger partial charge in [0, 0.05) is 12.2 Å². The van der Waals surface area contributed by atoms with Crippen LogP contribution in [0.4, 0.5) is 5.69 Å². The SMILES string of the molecule is Cc1cc(C)cc(N2CC(=O)NCC2CC(=O)O)c1. The molecule has 19 heavy (non-hydrogen) atoms. The first-order chi connectivity index (χ1) is 8.95. The molecule has 0 spiro atoms. The van der Waals surface area contributed by atoms with Crippen LogP contribution in [0.3, 0.4) is 0 Å². The summed E-state index contributed by atoms with van der Waals surface area (Å²) in [6.45, 7) is 4.57. The number of nitrogens with zero attached hydrogens (tertiary/aromatic N) is 1. The third-order valence-electron chi connectivity index (χ3n) is 3.24. The predicted octanol–water partition coefficient (Wildman–Crippen LogP) is 1.08. The van der Waals surface area contributed by atoms with Crippen LogP contribution in [0.2, 0.25) is 0 Å². The van der Waals surface area contributed by atoms with Crippen LogP contribution in [0.5, 0.6) is 0 Å². The van der Waals surface area contributed by atoms with Crippen LogP contribution in [0, 0.1) is 13.8 Å². The number of carbonyl (C=O) groups is 2. The van der Waals surface area contributed by atoms with Crippen LogP contribution in [0.15, 0.2) is 18.2 Å². The van der Waals surface area contributed by atoms with Crippen molar-refractivity contribution in [1.82, 2.24) is 5.32 Å². The van der Waals surface area contributed by atoms with Crippen LogP contribution in [0.1, 0.15) is 17.5 Å². The monoisotopic (exact) mass is 262 g/mol. The molecule has 102 valence electrons. The molecular weight excluding hydrogens is 244 g/mol. The molecule has 1 aliphatic heterocycles. The second kappa shape index (κ2) is 5.30. The van der Waals surface area contributed by atoms with E-state index in [1.165, 1.54) is 0 Å². The Labute approximate surface area is 112 Å². The van der Waals surface area contributed by atoms with Crippen LogP contribution in [-0.4, -0.2) is 36.1 Å². The molecule has 0 radical (unpaired) electrons. The number of carboxylic acid groups (broad SMARTS) is 1. The summed E-state index contributed by atoms with van der Waals surface area (Å²) in [5.41, 5.74) is 3.13. The third-order valence-corrected chi connectivity index (χ3v) is 3.24. The summed E-state index contributed by atoms with van der Waals surface area (Å²) in [5.74, 6) is -0.920. The van der Waals surface area contributed by atoms with Gasteiger partial charge in [0.2, 0.25) is 5.91 Å². The molecule has 1 aliphatic rings. The van der Waals surface area contributed by atoms with Crippen molar-refractivity contribution in [2.45, 2.75) is 26.3 Å². The van der Waals surface area contributed by atoms with Gasteiger partial charge >= 0.3 is 5.97 Å². The van der Waals surface area contributed by atoms with E-state index in [0.717, 1.165) is 16.8 Å². The lowest BCUT2D eigenvalue weighted by Crippen LogP contribution is -2.55. The quantitative estimate of drug-likeness (QED) is 0.855. The summed E-state index contributed by atoms with van der Waals surface area (Å²) >= 11 is 0. The maximum absolute atomic E-state index is 11.5. The zero-order valence-corrected chi connectivity index (χ0v) is 11.1. The summed E-state index contributed by atoms with van der Waals surface area (Å²) in [4.78, 5) is 24.4. The first-order valence-electron chi connectivity index (χ1n) is 6.29. The molecule has 1 heterocycles. The van der Waals surface area contributed by atoms with Gasteiger partial charge in [0.1, 0.15) is 0 Å². The van der Waals surface area contributed by atoms with Gasteiger partial charge in [0.15, 0.2) is 0 Å². The Balaban J connectivity index is 2.30. The standard InChI is InChI=1S/C14H18N2O3/c1-9-3-10(2)5-11(4-9)16-8-13(17)15-7-12(16)6-14(18)19/h3-5,12H,6-8H2,1-2H3,(H,15,17)(H,18,19). The van der Waals surface area contributed by atoms with E-state index in [1.54, 1.807) is 0 Å². The van der Waals surface area contributed by atoms with Gasteiger partial charge in [0.25, 0.3) is 0 Å². The normalized spacial score (nSPS) is 19.2. The summed E-state index contributed by atoms with van der Waals surface area (Å²) in [6, 6.07) is 5.83. The first-order valence-corrected chi connectivity index (χ1v) is 6.29. The van der Waals surface area contributed by atoms with Crippen molar-refractivity contribution >= 4 is 17.6 Å². The van der Waals surface area contributed by atoms with Gasteiger partial charge in [-0.05, 0) is 37.1 Å². The van der Waals surface area contributed by atoms with Gasteiger partial charge in [-0.1, -0.05) is 6.07 Å². The Kier molecular flexibility index (Phi) is 3.74. The highest BCUT2D eigenvalue weighted by atomic mass is 16.4. The van der Waals surface area contributed by atoms with Gasteiger partial charge in [-0.15, -0.1) is 0 Å². The van der Waals surface area contributed by atoms with Crippen molar-refractivity contribution in [3.05, 3.63) is 29.3 Å². The largest absolute Gasteiger partial charge is 0.481 e. The van der Waals surface area contributed by atoms with Crippen LogP contribution in [0.25, 0.3) is 0 Å². The Hall–Kier alpha value is -2.04. The van der Waals surface area contributed by atoms with Crippen molar-refractivity contribution in [1.29, 1.82) is 0 Å². The Morgan fingerprint density at radius 2 is 2.00 bits per heavy atom. The van der Waals surface area contributed by atoms with Crippen molar-refractivity contribution in [2.75, 3.05) is 18.0 Å². The van der Waals surface area contributed by atoms with E-state index in [1.807, 2.05) is 30.9 Å². The van der Waals surface area contributed by atoms with Crippen LogP contribution < -0.4 is 10.2 Å². The number of carbonyl (C=O) groups excluding carboxylic acids is 1. The first kappa shape index (κ1) is 13.4. The minimum absolute atomic E-state index is 0.0211. The Bertz CT molecular complexity index is 493. The number of nitrogens with one attached hydrogen (secondary N) is 1. The molecular formula is C14H18N2O3. The van der Waals surface area contributed by atoms with E-state index in [-0.39, 0.29) is 24.9 Å². The number of hydrogen-bond acceptors (Lipinski definition) is 3. The Morgan fingerprint density at radius 1 is 1.37 bits per heavy atom. The van der Waals surface area contributed by atoms with E-state index in [0.29, 0.717) is 6.54 Å². The lowest BCUT2D eigenvalue weighted by molar-refractivity contribution is -0.138. The molecule has 1 amide bonds. The molecule has 2 rings (SSSR count). The zero-order chi connectivity index (χ0) is 14.0. The highest BCUT2D eigenvalue weighted by Gasteiger charge is 2.28. The molecule has 1 unspecified atom stereocenters. The van der Waals surface area contributed by atoms with E-state index in [4.69, 9.17) is 5.11 Å². The molecule has 0 saturated carbocycles. The maximum atomic E-state index is 11.5. The smallest absolute Gasteiger partial charge is 0.305 e. The van der Waals surface area contributed by atoms with Gasteiger partial charge in [0.05, 0.1) is 19.0 Å². The molecule has 0 aromatic heterocycles. The third kappa shape index (κ3) is 3.24. The van der Waals surface area contributed by atoms with Crippen molar-refractivity contribution in [2.24, 2.45) is 0 Å². The molecule has 0 bridgehead atoms. The molecule has 1 fully saturated rings. The second-order valence-electron chi connectivity index (χ2n) is 5.03. The fraction of sp³-hybridized carbons (Fsp3) is 0.429. The minimum atomic E-state index is -0.851. The molecule has 1 atom stereocenters. The topological polar surface area (TPSA) is 69.6 Å². The number of benzene rings is 1. The highest BCUT2D eigenvalue weighted by molar-refractivity contribution is 5.84. The van der Waals surface area contributed by atoms with E-state index >= 15 is 0 Å². The number of aliphatic carboxylic acids is 1. The Morgan fingerprint density at radius 3 is 2.58 bits per heavy atom. The minimum Gasteiger partial charge on any atom is -0.481 e. The molecule has 1 aromatic carbocycles. The summed E-state index contributed by atoms with van der Waals surface area (Å²) in [7, 11) is 0. The zero-order valence-electron chi connectivity index (χ0n) is 11.1. The summed E-state index contributed by atoms with van der Waals surface area (Å²) in [6.07, 6.45) is 0.0211. The van der Waals surface area contributed by atoms with Gasteiger partial charge in [-0.3, -0.25) is 9.59 Å². The number of anilines is 1. The lowest BCUT2D eigenvalue weighted by atomic mass is 10.1. The molecule has 2 N–H and O–H groups in total. The predicted molar refractivity (Wildman–Crippen MR) is 72.3 cm³/mol. The van der Waals surface area contributed by atoms with Gasteiger partial charge in [-0.2, -0.15) is 0 Å². The highest BCUT2D eigenvalue weighted by Crippen LogP contribution is 2.23. The van der Waals surface area contributed by atoms with E-state index in [9.17, 15) is 9.59 Å². The number of aryl methyl sites for hydroxylation is 2. The van der Waals surface area contributed by atoms with Crippen LogP contribution >= 0.6 is 0 Å². The molecule has 0 aliphatic carbocycles. The lowest BCUT2D eigenvalue weighted by Gasteiger charge is -2.36. The number of amides is 1. The van der Waals surface area contributed by atoms with Crippen molar-refractivity contribution in [3.63, 3.8) is 0 Å². The fourth-order valence-electron chi connectivity index (χ4n) is 2.48. The molecule has 1 saturated heterocycles. The van der Waals surface area contributed by atoms with Crippen molar-refractivity contribution in [3.8, 4) is 0 Å². The molecule has 5 heteroatoms.